The van der Waals surface area contributed by atoms with E-state index in [1.807, 2.05) is 0 Å². The van der Waals surface area contributed by atoms with Gasteiger partial charge in [0.1, 0.15) is 6.54 Å². The molecule has 0 fully saturated rings. The van der Waals surface area contributed by atoms with Crippen LogP contribution in [0.2, 0.25) is 10.0 Å². The minimum Gasteiger partial charge on any atom is -0.323 e. The van der Waals surface area contributed by atoms with Crippen molar-refractivity contribution in [3.63, 3.8) is 0 Å². The molecular formula is C14H9Cl2F6N3O. The number of hydrogen-bond donors (Lipinski definition) is 1. The highest BCUT2D eigenvalue weighted by Crippen LogP contribution is 2.36. The van der Waals surface area contributed by atoms with Crippen LogP contribution in [0, 0.1) is 6.92 Å². The number of amides is 1. The maximum absolute atomic E-state index is 12.8. The quantitative estimate of drug-likeness (QED) is 0.697. The molecule has 0 aliphatic carbocycles. The Balaban J connectivity index is 2.23. The van der Waals surface area contributed by atoms with E-state index in [1.165, 1.54) is 6.92 Å². The monoisotopic (exact) mass is 419 g/mol. The van der Waals surface area contributed by atoms with E-state index >= 15 is 0 Å². The van der Waals surface area contributed by atoms with E-state index in [-0.39, 0.29) is 16.4 Å². The van der Waals surface area contributed by atoms with Crippen molar-refractivity contribution in [1.29, 1.82) is 0 Å². The van der Waals surface area contributed by atoms with Gasteiger partial charge >= 0.3 is 12.4 Å². The minimum absolute atomic E-state index is 0.121. The van der Waals surface area contributed by atoms with E-state index in [0.717, 1.165) is 12.1 Å². The van der Waals surface area contributed by atoms with Crippen molar-refractivity contribution in [2.45, 2.75) is 25.8 Å². The molecule has 26 heavy (non-hydrogen) atoms. The summed E-state index contributed by atoms with van der Waals surface area (Å²) >= 11 is 11.3. The number of anilines is 1. The van der Waals surface area contributed by atoms with Crippen molar-refractivity contribution in [3.8, 4) is 0 Å². The molecule has 0 aliphatic rings. The molecular weight excluding hydrogens is 411 g/mol. The van der Waals surface area contributed by atoms with Crippen LogP contribution in [0.1, 0.15) is 17.0 Å². The number of benzene rings is 1. The second kappa shape index (κ2) is 6.99. The van der Waals surface area contributed by atoms with E-state index in [1.54, 1.807) is 0 Å². The first-order chi connectivity index (χ1) is 11.8. The lowest BCUT2D eigenvalue weighted by atomic mass is 10.2. The Labute approximate surface area is 152 Å². The normalized spacial score (nSPS) is 12.3. The molecule has 12 heteroatoms. The Morgan fingerprint density at radius 1 is 1.15 bits per heavy atom. The maximum atomic E-state index is 12.8. The van der Waals surface area contributed by atoms with Gasteiger partial charge in [-0.05, 0) is 25.1 Å². The lowest BCUT2D eigenvalue weighted by Crippen LogP contribution is -2.21. The van der Waals surface area contributed by atoms with E-state index in [0.29, 0.717) is 10.7 Å². The van der Waals surface area contributed by atoms with E-state index in [2.05, 4.69) is 10.4 Å². The SMILES string of the molecule is Cc1c(Cl)c(C(F)(F)F)nn1CC(=O)Nc1cc(C(F)(F)F)ccc1Cl. The van der Waals surface area contributed by atoms with Crippen LogP contribution in [0.15, 0.2) is 18.2 Å². The highest BCUT2D eigenvalue weighted by molar-refractivity contribution is 6.33. The van der Waals surface area contributed by atoms with Crippen LogP contribution >= 0.6 is 23.2 Å². The van der Waals surface area contributed by atoms with Gasteiger partial charge in [-0.2, -0.15) is 31.4 Å². The molecule has 0 bridgehead atoms. The molecule has 2 rings (SSSR count). The number of rotatable bonds is 3. The van der Waals surface area contributed by atoms with Gasteiger partial charge in [-0.15, -0.1) is 0 Å². The molecule has 0 radical (unpaired) electrons. The fraction of sp³-hybridized carbons (Fsp3) is 0.286. The standard InChI is InChI=1S/C14H9Cl2F6N3O/c1-6-11(16)12(14(20,21)22)24-25(6)5-10(26)23-9-4-7(13(17,18)19)2-3-8(9)15/h2-4H,5H2,1H3,(H,23,26). The van der Waals surface area contributed by atoms with Gasteiger partial charge in [0, 0.05) is 0 Å². The summed E-state index contributed by atoms with van der Waals surface area (Å²) in [6, 6.07) is 2.28. The molecule has 0 unspecified atom stereocenters. The summed E-state index contributed by atoms with van der Waals surface area (Å²) in [6.07, 6.45) is -9.47. The molecule has 1 heterocycles. The summed E-state index contributed by atoms with van der Waals surface area (Å²) in [6.45, 7) is 0.517. The Hall–Kier alpha value is -1.94. The average Bonchev–Trinajstić information content (AvgIpc) is 2.76. The van der Waals surface area contributed by atoms with Crippen molar-refractivity contribution < 1.29 is 31.1 Å². The third-order valence-electron chi connectivity index (χ3n) is 3.26. The number of hydrogen-bond acceptors (Lipinski definition) is 2. The van der Waals surface area contributed by atoms with Crippen LogP contribution in [0.4, 0.5) is 32.0 Å². The van der Waals surface area contributed by atoms with Crippen LogP contribution in [0.3, 0.4) is 0 Å². The predicted octanol–water partition coefficient (Wildman–Crippen LogP) is 5.17. The van der Waals surface area contributed by atoms with Crippen LogP contribution in [-0.4, -0.2) is 15.7 Å². The van der Waals surface area contributed by atoms with Crippen molar-refractivity contribution >= 4 is 34.8 Å². The molecule has 0 aliphatic heterocycles. The van der Waals surface area contributed by atoms with Gasteiger partial charge in [0.25, 0.3) is 0 Å². The molecule has 1 aromatic carbocycles. The number of nitrogens with one attached hydrogen (secondary N) is 1. The van der Waals surface area contributed by atoms with Crippen molar-refractivity contribution in [2.24, 2.45) is 0 Å². The molecule has 0 spiro atoms. The second-order valence-electron chi connectivity index (χ2n) is 5.14. The first-order valence-electron chi connectivity index (χ1n) is 6.77. The zero-order valence-electron chi connectivity index (χ0n) is 12.8. The summed E-state index contributed by atoms with van der Waals surface area (Å²) in [5.41, 5.74) is -2.86. The van der Waals surface area contributed by atoms with Crippen LogP contribution in [-0.2, 0) is 23.7 Å². The fourth-order valence-corrected chi connectivity index (χ4v) is 2.39. The van der Waals surface area contributed by atoms with E-state index in [9.17, 15) is 31.1 Å². The van der Waals surface area contributed by atoms with Crippen LogP contribution in [0.5, 0.6) is 0 Å². The Bertz CT molecular complexity index is 844. The third-order valence-corrected chi connectivity index (χ3v) is 4.05. The summed E-state index contributed by atoms with van der Waals surface area (Å²) in [4.78, 5) is 12.0. The van der Waals surface area contributed by atoms with Gasteiger partial charge in [0.2, 0.25) is 5.91 Å². The number of carbonyl (C=O) groups excluding carboxylic acids is 1. The van der Waals surface area contributed by atoms with Gasteiger partial charge in [-0.1, -0.05) is 23.2 Å². The number of aromatic nitrogens is 2. The summed E-state index contributed by atoms with van der Waals surface area (Å²) in [7, 11) is 0. The van der Waals surface area contributed by atoms with Gasteiger partial charge < -0.3 is 5.32 Å². The average molecular weight is 420 g/mol. The third kappa shape index (κ3) is 4.42. The first kappa shape index (κ1) is 20.4. The predicted molar refractivity (Wildman–Crippen MR) is 82.1 cm³/mol. The highest BCUT2D eigenvalue weighted by Gasteiger charge is 2.38. The number of carbonyl (C=O) groups is 1. The smallest absolute Gasteiger partial charge is 0.323 e. The van der Waals surface area contributed by atoms with Gasteiger partial charge in [-0.25, -0.2) is 0 Å². The van der Waals surface area contributed by atoms with Crippen LogP contribution < -0.4 is 5.32 Å². The Morgan fingerprint density at radius 3 is 2.27 bits per heavy atom. The van der Waals surface area contributed by atoms with Crippen molar-refractivity contribution in [2.75, 3.05) is 5.32 Å². The molecule has 0 saturated carbocycles. The van der Waals surface area contributed by atoms with Crippen molar-refractivity contribution in [3.05, 3.63) is 45.2 Å². The molecule has 2 aromatic rings. The zero-order valence-corrected chi connectivity index (χ0v) is 14.3. The fourth-order valence-electron chi connectivity index (χ4n) is 1.98. The molecule has 142 valence electrons. The van der Waals surface area contributed by atoms with Gasteiger partial charge in [0.15, 0.2) is 5.69 Å². The Morgan fingerprint density at radius 2 is 1.77 bits per heavy atom. The Kier molecular flexibility index (Phi) is 5.48. The van der Waals surface area contributed by atoms with Crippen LogP contribution in [0.25, 0.3) is 0 Å². The molecule has 0 saturated heterocycles. The van der Waals surface area contributed by atoms with Gasteiger partial charge in [0.05, 0.1) is 27.0 Å². The zero-order chi connectivity index (χ0) is 19.9. The van der Waals surface area contributed by atoms with Gasteiger partial charge in [-0.3, -0.25) is 9.48 Å². The topological polar surface area (TPSA) is 46.9 Å². The van der Waals surface area contributed by atoms with Crippen molar-refractivity contribution in [1.82, 2.24) is 9.78 Å². The lowest BCUT2D eigenvalue weighted by molar-refractivity contribution is -0.141. The van der Waals surface area contributed by atoms with E-state index < -0.39 is 41.1 Å². The minimum atomic E-state index is -4.81. The highest BCUT2D eigenvalue weighted by atomic mass is 35.5. The molecule has 4 nitrogen and oxygen atoms in total. The summed E-state index contributed by atoms with van der Waals surface area (Å²) in [5, 5.41) is 4.50. The molecule has 1 N–H and O–H groups in total. The molecule has 1 amide bonds. The maximum Gasteiger partial charge on any atom is 0.436 e. The number of nitrogens with zero attached hydrogens (tertiary/aromatic N) is 2. The summed E-state index contributed by atoms with van der Waals surface area (Å²) in [5.74, 6) is -0.929. The van der Waals surface area contributed by atoms with E-state index in [4.69, 9.17) is 23.2 Å². The molecule has 0 atom stereocenters. The number of alkyl halides is 6. The lowest BCUT2D eigenvalue weighted by Gasteiger charge is -2.12. The largest absolute Gasteiger partial charge is 0.436 e. The first-order valence-corrected chi connectivity index (χ1v) is 7.53. The number of halogens is 8. The molecule has 1 aromatic heterocycles. The summed E-state index contributed by atoms with van der Waals surface area (Å²) < 4.78 is 77.1. The second-order valence-corrected chi connectivity index (χ2v) is 5.93.